The fourth-order valence-corrected chi connectivity index (χ4v) is 2.14. The Labute approximate surface area is 90.4 Å². The molecule has 4 heteroatoms. The van der Waals surface area contributed by atoms with E-state index in [4.69, 9.17) is 5.41 Å². The fraction of sp³-hybridized carbons (Fsp3) is 0.636. The van der Waals surface area contributed by atoms with Crippen LogP contribution in [-0.2, 0) is 13.6 Å². The van der Waals surface area contributed by atoms with Gasteiger partial charge in [0.1, 0.15) is 0 Å². The number of likely N-dealkylation sites (tertiary alicyclic amines) is 1. The molecule has 0 aliphatic carbocycles. The van der Waals surface area contributed by atoms with E-state index >= 15 is 0 Å². The standard InChI is InChI=1S/C11H18N4/c1-8-10(9(2)14(3)13-8)7-15-6-4-5-11(15)12/h12H,4-7H2,1-3H3. The van der Waals surface area contributed by atoms with Crippen LogP contribution in [0.5, 0.6) is 0 Å². The summed E-state index contributed by atoms with van der Waals surface area (Å²) in [7, 11) is 1.97. The first-order valence-electron chi connectivity index (χ1n) is 5.41. The average molecular weight is 206 g/mol. The second kappa shape index (κ2) is 3.68. The predicted octanol–water partition coefficient (Wildman–Crippen LogP) is 1.61. The van der Waals surface area contributed by atoms with Crippen LogP contribution < -0.4 is 0 Å². The Morgan fingerprint density at radius 1 is 1.40 bits per heavy atom. The lowest BCUT2D eigenvalue weighted by Crippen LogP contribution is -2.23. The van der Waals surface area contributed by atoms with Crippen molar-refractivity contribution in [2.45, 2.75) is 33.2 Å². The molecule has 0 atom stereocenters. The largest absolute Gasteiger partial charge is 0.356 e. The molecule has 0 radical (unpaired) electrons. The molecule has 0 aromatic carbocycles. The van der Waals surface area contributed by atoms with Gasteiger partial charge in [-0.1, -0.05) is 0 Å². The van der Waals surface area contributed by atoms with E-state index < -0.39 is 0 Å². The minimum absolute atomic E-state index is 0.776. The van der Waals surface area contributed by atoms with E-state index in [1.54, 1.807) is 0 Å². The van der Waals surface area contributed by atoms with E-state index in [0.717, 1.165) is 37.5 Å². The zero-order valence-electron chi connectivity index (χ0n) is 9.67. The number of nitrogens with zero attached hydrogens (tertiary/aromatic N) is 3. The molecule has 1 saturated heterocycles. The van der Waals surface area contributed by atoms with Crippen molar-refractivity contribution in [2.75, 3.05) is 6.54 Å². The fourth-order valence-electron chi connectivity index (χ4n) is 2.14. The summed E-state index contributed by atoms with van der Waals surface area (Å²) in [5.74, 6) is 0.776. The van der Waals surface area contributed by atoms with Gasteiger partial charge in [-0.2, -0.15) is 5.10 Å². The molecular formula is C11H18N4. The monoisotopic (exact) mass is 206 g/mol. The third-order valence-electron chi connectivity index (χ3n) is 3.23. The maximum absolute atomic E-state index is 7.80. The molecule has 1 N–H and O–H groups in total. The normalized spacial score (nSPS) is 16.5. The zero-order valence-corrected chi connectivity index (χ0v) is 9.67. The Kier molecular flexibility index (Phi) is 2.50. The van der Waals surface area contributed by atoms with Gasteiger partial charge < -0.3 is 4.90 Å². The topological polar surface area (TPSA) is 44.9 Å². The maximum Gasteiger partial charge on any atom is 0.0961 e. The Balaban J connectivity index is 2.20. The third-order valence-corrected chi connectivity index (χ3v) is 3.23. The summed E-state index contributed by atoms with van der Waals surface area (Å²) in [6.07, 6.45) is 2.05. The van der Waals surface area contributed by atoms with Gasteiger partial charge in [0.15, 0.2) is 0 Å². The molecule has 82 valence electrons. The highest BCUT2D eigenvalue weighted by Gasteiger charge is 2.19. The summed E-state index contributed by atoms with van der Waals surface area (Å²) >= 11 is 0. The predicted molar refractivity (Wildman–Crippen MR) is 60.1 cm³/mol. The van der Waals surface area contributed by atoms with Crippen molar-refractivity contribution in [1.29, 1.82) is 5.41 Å². The molecule has 0 unspecified atom stereocenters. The van der Waals surface area contributed by atoms with E-state index in [1.807, 2.05) is 18.7 Å². The number of nitrogens with one attached hydrogen (secondary N) is 1. The van der Waals surface area contributed by atoms with Crippen LogP contribution in [0.25, 0.3) is 0 Å². The first kappa shape index (κ1) is 10.2. The molecule has 1 fully saturated rings. The van der Waals surface area contributed by atoms with Crippen LogP contribution in [0, 0.1) is 19.3 Å². The Bertz CT molecular complexity index is 392. The van der Waals surface area contributed by atoms with Crippen LogP contribution in [0.1, 0.15) is 29.8 Å². The van der Waals surface area contributed by atoms with Crippen molar-refractivity contribution in [3.8, 4) is 0 Å². The number of aryl methyl sites for hydroxylation is 2. The molecule has 1 aromatic rings. The number of rotatable bonds is 2. The van der Waals surface area contributed by atoms with Crippen LogP contribution in [0.4, 0.5) is 0 Å². The smallest absolute Gasteiger partial charge is 0.0961 e. The molecule has 1 aliphatic heterocycles. The minimum Gasteiger partial charge on any atom is -0.356 e. The van der Waals surface area contributed by atoms with Gasteiger partial charge in [0.2, 0.25) is 0 Å². The van der Waals surface area contributed by atoms with Crippen LogP contribution in [0.15, 0.2) is 0 Å². The maximum atomic E-state index is 7.80. The molecule has 0 bridgehead atoms. The van der Waals surface area contributed by atoms with Crippen molar-refractivity contribution in [3.05, 3.63) is 17.0 Å². The summed E-state index contributed by atoms with van der Waals surface area (Å²) in [6, 6.07) is 0. The first-order valence-corrected chi connectivity index (χ1v) is 5.41. The molecule has 2 rings (SSSR count). The second-order valence-electron chi connectivity index (χ2n) is 4.24. The van der Waals surface area contributed by atoms with Crippen molar-refractivity contribution in [2.24, 2.45) is 7.05 Å². The van der Waals surface area contributed by atoms with E-state index in [0.29, 0.717) is 0 Å². The van der Waals surface area contributed by atoms with Gasteiger partial charge in [0.05, 0.1) is 11.5 Å². The van der Waals surface area contributed by atoms with E-state index in [2.05, 4.69) is 16.9 Å². The highest BCUT2D eigenvalue weighted by molar-refractivity contribution is 5.80. The van der Waals surface area contributed by atoms with Crippen LogP contribution in [-0.4, -0.2) is 27.1 Å². The number of hydrogen-bond donors (Lipinski definition) is 1. The van der Waals surface area contributed by atoms with Gasteiger partial charge in [-0.15, -0.1) is 0 Å². The van der Waals surface area contributed by atoms with Crippen LogP contribution in [0.3, 0.4) is 0 Å². The van der Waals surface area contributed by atoms with Gasteiger partial charge >= 0.3 is 0 Å². The van der Waals surface area contributed by atoms with Crippen LogP contribution >= 0.6 is 0 Å². The Hall–Kier alpha value is -1.32. The molecule has 1 aromatic heterocycles. The molecule has 15 heavy (non-hydrogen) atoms. The minimum atomic E-state index is 0.776. The quantitative estimate of drug-likeness (QED) is 0.799. The Morgan fingerprint density at radius 3 is 2.60 bits per heavy atom. The van der Waals surface area contributed by atoms with Gasteiger partial charge in [-0.3, -0.25) is 10.1 Å². The van der Waals surface area contributed by atoms with E-state index in [-0.39, 0.29) is 0 Å². The SMILES string of the molecule is Cc1nn(C)c(C)c1CN1CCCC1=N. The lowest BCUT2D eigenvalue weighted by atomic mass is 10.2. The molecular weight excluding hydrogens is 188 g/mol. The van der Waals surface area contributed by atoms with Gasteiger partial charge in [0, 0.05) is 37.8 Å². The zero-order chi connectivity index (χ0) is 11.0. The van der Waals surface area contributed by atoms with Crippen molar-refractivity contribution < 1.29 is 0 Å². The van der Waals surface area contributed by atoms with Gasteiger partial charge in [-0.25, -0.2) is 0 Å². The summed E-state index contributed by atoms with van der Waals surface area (Å²) < 4.78 is 1.92. The van der Waals surface area contributed by atoms with Crippen LogP contribution in [0.2, 0.25) is 0 Å². The summed E-state index contributed by atoms with van der Waals surface area (Å²) in [5.41, 5.74) is 3.59. The number of aromatic nitrogens is 2. The summed E-state index contributed by atoms with van der Waals surface area (Å²) in [5, 5.41) is 12.2. The van der Waals surface area contributed by atoms with Crippen molar-refractivity contribution >= 4 is 5.84 Å². The van der Waals surface area contributed by atoms with E-state index in [1.165, 1.54) is 11.3 Å². The summed E-state index contributed by atoms with van der Waals surface area (Å²) in [4.78, 5) is 2.15. The molecule has 0 saturated carbocycles. The molecule has 1 aliphatic rings. The number of amidine groups is 1. The second-order valence-corrected chi connectivity index (χ2v) is 4.24. The molecule has 0 amide bonds. The lowest BCUT2D eigenvalue weighted by molar-refractivity contribution is 0.443. The highest BCUT2D eigenvalue weighted by Crippen LogP contribution is 2.18. The summed E-state index contributed by atoms with van der Waals surface area (Å²) in [6.45, 7) is 6.01. The highest BCUT2D eigenvalue weighted by atomic mass is 15.3. The van der Waals surface area contributed by atoms with E-state index in [9.17, 15) is 0 Å². The van der Waals surface area contributed by atoms with Crippen molar-refractivity contribution in [3.63, 3.8) is 0 Å². The lowest BCUT2D eigenvalue weighted by Gasteiger charge is -2.17. The first-order chi connectivity index (χ1) is 7.09. The van der Waals surface area contributed by atoms with Gasteiger partial charge in [0.25, 0.3) is 0 Å². The average Bonchev–Trinajstić information content (AvgIpc) is 2.67. The van der Waals surface area contributed by atoms with Gasteiger partial charge in [-0.05, 0) is 20.3 Å². The number of hydrogen-bond acceptors (Lipinski definition) is 2. The molecule has 4 nitrogen and oxygen atoms in total. The molecule has 2 heterocycles. The molecule has 0 spiro atoms. The van der Waals surface area contributed by atoms with Crippen molar-refractivity contribution in [1.82, 2.24) is 14.7 Å². The third kappa shape index (κ3) is 1.76. The Morgan fingerprint density at radius 2 is 2.13 bits per heavy atom.